The first-order chi connectivity index (χ1) is 12.7. The van der Waals surface area contributed by atoms with Crippen LogP contribution in [0.25, 0.3) is 0 Å². The summed E-state index contributed by atoms with van der Waals surface area (Å²) in [4.78, 5) is 12.1. The van der Waals surface area contributed by atoms with E-state index in [1.165, 1.54) is 19.4 Å². The number of halogens is 1. The van der Waals surface area contributed by atoms with E-state index < -0.39 is 22.5 Å². The number of hydrogen-bond donors (Lipinski definition) is 2. The van der Waals surface area contributed by atoms with Crippen LogP contribution in [0.2, 0.25) is 0 Å². The fourth-order valence-electron chi connectivity index (χ4n) is 2.16. The predicted molar refractivity (Wildman–Crippen MR) is 107 cm³/mol. The van der Waals surface area contributed by atoms with Crippen LogP contribution in [0.15, 0.2) is 52.0 Å². The lowest BCUT2D eigenvalue weighted by molar-refractivity contribution is -0.119. The smallest absolute Gasteiger partial charge is 0.260 e. The summed E-state index contributed by atoms with van der Waals surface area (Å²) < 4.78 is 30.4. The fraction of sp³-hybridized carbons (Fsp3) is 0.176. The zero-order valence-electron chi connectivity index (χ0n) is 14.6. The van der Waals surface area contributed by atoms with Gasteiger partial charge in [0.2, 0.25) is 10.0 Å². The molecule has 0 bridgehead atoms. The molecule has 2 N–H and O–H groups in total. The monoisotopic (exact) mass is 455 g/mol. The van der Waals surface area contributed by atoms with Crippen molar-refractivity contribution in [1.29, 1.82) is 0 Å². The maximum Gasteiger partial charge on any atom is 0.260 e. The number of phenolic OH excluding ortho intramolecular Hbond substituents is 1. The van der Waals surface area contributed by atoms with E-state index in [2.05, 4.69) is 26.5 Å². The molecule has 10 heteroatoms. The average Bonchev–Trinajstić information content (AvgIpc) is 2.62. The number of methoxy groups -OCH3 is 1. The van der Waals surface area contributed by atoms with Crippen molar-refractivity contribution in [2.24, 2.45) is 5.10 Å². The molecule has 0 unspecified atom stereocenters. The van der Waals surface area contributed by atoms with Gasteiger partial charge in [0.1, 0.15) is 6.54 Å². The molecule has 0 aliphatic rings. The van der Waals surface area contributed by atoms with E-state index in [1.807, 2.05) is 0 Å². The van der Waals surface area contributed by atoms with Gasteiger partial charge in [-0.15, -0.1) is 0 Å². The highest BCUT2D eigenvalue weighted by atomic mass is 79.9. The highest BCUT2D eigenvalue weighted by molar-refractivity contribution is 9.10. The topological polar surface area (TPSA) is 108 Å². The van der Waals surface area contributed by atoms with Crippen molar-refractivity contribution < 1.29 is 23.1 Å². The molecule has 0 aliphatic heterocycles. The molecule has 0 heterocycles. The quantitative estimate of drug-likeness (QED) is 0.490. The van der Waals surface area contributed by atoms with E-state index in [4.69, 9.17) is 4.74 Å². The van der Waals surface area contributed by atoms with Gasteiger partial charge in [-0.25, -0.2) is 13.8 Å². The van der Waals surface area contributed by atoms with Gasteiger partial charge in [0, 0.05) is 0 Å². The Kier molecular flexibility index (Phi) is 6.81. The molecule has 8 nitrogen and oxygen atoms in total. The van der Waals surface area contributed by atoms with Gasteiger partial charge >= 0.3 is 0 Å². The van der Waals surface area contributed by atoms with Crippen molar-refractivity contribution in [3.05, 3.63) is 52.5 Å². The lowest BCUT2D eigenvalue weighted by Crippen LogP contribution is -2.38. The highest BCUT2D eigenvalue weighted by Gasteiger charge is 2.20. The van der Waals surface area contributed by atoms with E-state index in [0.29, 0.717) is 15.7 Å². The van der Waals surface area contributed by atoms with E-state index in [9.17, 15) is 18.3 Å². The Labute approximate surface area is 165 Å². The Morgan fingerprint density at radius 1 is 1.33 bits per heavy atom. The third-order valence-corrected chi connectivity index (χ3v) is 5.15. The van der Waals surface area contributed by atoms with Crippen molar-refractivity contribution >= 4 is 43.8 Å². The minimum absolute atomic E-state index is 0.0506. The molecular formula is C17H18BrN3O5S. The average molecular weight is 456 g/mol. The van der Waals surface area contributed by atoms with E-state index >= 15 is 0 Å². The number of nitrogens with zero attached hydrogens (tertiary/aromatic N) is 2. The van der Waals surface area contributed by atoms with Crippen LogP contribution in [0.4, 0.5) is 5.69 Å². The number of benzene rings is 2. The molecule has 27 heavy (non-hydrogen) atoms. The predicted octanol–water partition coefficient (Wildman–Crippen LogP) is 2.08. The minimum Gasteiger partial charge on any atom is -0.503 e. The molecule has 1 amide bonds. The number of amides is 1. The van der Waals surface area contributed by atoms with Gasteiger partial charge in [0.25, 0.3) is 5.91 Å². The van der Waals surface area contributed by atoms with Crippen molar-refractivity contribution in [2.75, 3.05) is 24.2 Å². The Bertz CT molecular complexity index is 949. The normalized spacial score (nSPS) is 11.4. The van der Waals surface area contributed by atoms with Crippen LogP contribution in [-0.4, -0.2) is 45.6 Å². The largest absolute Gasteiger partial charge is 0.503 e. The molecule has 0 fully saturated rings. The summed E-state index contributed by atoms with van der Waals surface area (Å²) in [5.74, 6) is -0.417. The molecule has 2 aromatic carbocycles. The Balaban J connectivity index is 2.09. The fourth-order valence-corrected chi connectivity index (χ4v) is 3.48. The molecule has 0 aliphatic carbocycles. The summed E-state index contributed by atoms with van der Waals surface area (Å²) in [6, 6.07) is 11.4. The van der Waals surface area contributed by atoms with E-state index in [1.54, 1.807) is 36.4 Å². The second-order valence-electron chi connectivity index (χ2n) is 5.45. The lowest BCUT2D eigenvalue weighted by Gasteiger charge is -2.21. The summed E-state index contributed by atoms with van der Waals surface area (Å²) >= 11 is 3.19. The number of carbonyl (C=O) groups excluding carboxylic acids is 1. The first-order valence-corrected chi connectivity index (χ1v) is 10.3. The highest BCUT2D eigenvalue weighted by Crippen LogP contribution is 2.34. The number of nitrogens with one attached hydrogen (secondary N) is 1. The third kappa shape index (κ3) is 5.69. The van der Waals surface area contributed by atoms with Crippen LogP contribution in [0, 0.1) is 0 Å². The molecule has 0 spiro atoms. The maximum atomic E-state index is 12.1. The number of hydrazone groups is 1. The SMILES string of the molecule is COc1cc(/C=N\NC(=O)CN(c2ccccc2)S(C)(=O)=O)cc(Br)c1O. The molecule has 0 aromatic heterocycles. The number of phenols is 1. The summed E-state index contributed by atoms with van der Waals surface area (Å²) in [5, 5.41) is 13.6. The first kappa shape index (κ1) is 20.7. The number of sulfonamides is 1. The van der Waals surface area contributed by atoms with Crippen LogP contribution in [0.3, 0.4) is 0 Å². The number of para-hydroxylation sites is 1. The Morgan fingerprint density at radius 3 is 2.59 bits per heavy atom. The van der Waals surface area contributed by atoms with Crippen molar-refractivity contribution in [3.8, 4) is 11.5 Å². The number of hydrogen-bond acceptors (Lipinski definition) is 6. The van der Waals surface area contributed by atoms with Crippen LogP contribution < -0.4 is 14.5 Å². The maximum absolute atomic E-state index is 12.1. The van der Waals surface area contributed by atoms with Gasteiger partial charge in [-0.1, -0.05) is 18.2 Å². The second kappa shape index (κ2) is 8.87. The standard InChI is InChI=1S/C17H18BrN3O5S/c1-26-15-9-12(8-14(18)17(15)23)10-19-20-16(22)11-21(27(2,24)25)13-6-4-3-5-7-13/h3-10,23H,11H2,1-2H3,(H,20,22)/b19-10-. The summed E-state index contributed by atoms with van der Waals surface area (Å²) in [5.41, 5.74) is 3.22. The summed E-state index contributed by atoms with van der Waals surface area (Å²) in [6.45, 7) is -0.414. The number of anilines is 1. The van der Waals surface area contributed by atoms with Crippen molar-refractivity contribution in [2.45, 2.75) is 0 Å². The number of ether oxygens (including phenoxy) is 1. The first-order valence-electron chi connectivity index (χ1n) is 7.63. The molecule has 2 aromatic rings. The van der Waals surface area contributed by atoms with E-state index in [-0.39, 0.29) is 11.5 Å². The molecule has 0 saturated heterocycles. The number of carbonyl (C=O) groups is 1. The summed E-state index contributed by atoms with van der Waals surface area (Å²) in [6.07, 6.45) is 2.37. The molecule has 0 radical (unpaired) electrons. The van der Waals surface area contributed by atoms with Crippen LogP contribution in [-0.2, 0) is 14.8 Å². The molecule has 2 rings (SSSR count). The van der Waals surface area contributed by atoms with E-state index in [0.717, 1.165) is 10.6 Å². The van der Waals surface area contributed by atoms with Crippen molar-refractivity contribution in [1.82, 2.24) is 5.43 Å². The summed E-state index contributed by atoms with van der Waals surface area (Å²) in [7, 11) is -2.23. The zero-order valence-corrected chi connectivity index (χ0v) is 17.0. The van der Waals surface area contributed by atoms with Gasteiger partial charge < -0.3 is 9.84 Å². The van der Waals surface area contributed by atoms with Gasteiger partial charge in [-0.2, -0.15) is 5.10 Å². The lowest BCUT2D eigenvalue weighted by atomic mass is 10.2. The van der Waals surface area contributed by atoms with Gasteiger partial charge in [-0.3, -0.25) is 9.10 Å². The Hall–Kier alpha value is -2.59. The van der Waals surface area contributed by atoms with Crippen LogP contribution in [0.1, 0.15) is 5.56 Å². The third-order valence-electron chi connectivity index (χ3n) is 3.41. The molecule has 0 atom stereocenters. The van der Waals surface area contributed by atoms with Gasteiger partial charge in [0.05, 0.1) is 29.7 Å². The minimum atomic E-state index is -3.64. The Morgan fingerprint density at radius 2 is 2.00 bits per heavy atom. The van der Waals surface area contributed by atoms with Gasteiger partial charge in [-0.05, 0) is 45.8 Å². The molecule has 0 saturated carbocycles. The van der Waals surface area contributed by atoms with Crippen LogP contribution in [0.5, 0.6) is 11.5 Å². The second-order valence-corrected chi connectivity index (χ2v) is 8.21. The van der Waals surface area contributed by atoms with Crippen molar-refractivity contribution in [3.63, 3.8) is 0 Å². The number of aromatic hydroxyl groups is 1. The number of rotatable bonds is 7. The van der Waals surface area contributed by atoms with Gasteiger partial charge in [0.15, 0.2) is 11.5 Å². The molecular weight excluding hydrogens is 438 g/mol. The zero-order chi connectivity index (χ0) is 20.0. The van der Waals surface area contributed by atoms with Crippen LogP contribution >= 0.6 is 15.9 Å². The molecule has 144 valence electrons.